The number of unbranched alkanes of at least 4 members (excludes halogenated alkanes) is 25. The first kappa shape index (κ1) is 58.1. The van der Waals surface area contributed by atoms with E-state index in [9.17, 15) is 19.8 Å². The van der Waals surface area contributed by atoms with Gasteiger partial charge in [-0.05, 0) is 38.5 Å². The van der Waals surface area contributed by atoms with E-state index in [-0.39, 0.29) is 59.0 Å². The Kier molecular flexibility index (Phi) is 45.5. The Hall–Kier alpha value is -0.260. The van der Waals surface area contributed by atoms with Crippen LogP contribution in [0, 0.1) is 0 Å². The Morgan fingerprint density at radius 2 is 0.630 bits per heavy atom. The lowest BCUT2D eigenvalue weighted by Gasteiger charge is -2.33. The van der Waals surface area contributed by atoms with Crippen LogP contribution in [0.5, 0.6) is 0 Å². The lowest BCUT2D eigenvalue weighted by molar-refractivity contribution is -0.902. The molecule has 2 amide bonds. The van der Waals surface area contributed by atoms with Gasteiger partial charge in [0.25, 0.3) is 11.8 Å². The summed E-state index contributed by atoms with van der Waals surface area (Å²) in [5, 5.41) is 25.6. The summed E-state index contributed by atoms with van der Waals surface area (Å²) in [6.07, 6.45) is 35.4. The van der Waals surface area contributed by atoms with Gasteiger partial charge in [-0.2, -0.15) is 0 Å². The van der Waals surface area contributed by atoms with Crippen molar-refractivity contribution in [2.75, 3.05) is 79.7 Å². The summed E-state index contributed by atoms with van der Waals surface area (Å²) in [6.45, 7) is 10.3. The molecular formula is C44H92Br2N4O4. The van der Waals surface area contributed by atoms with Crippen molar-refractivity contribution >= 4 is 11.8 Å². The van der Waals surface area contributed by atoms with Crippen molar-refractivity contribution in [1.29, 1.82) is 0 Å². The first-order valence-electron chi connectivity index (χ1n) is 22.7. The topological polar surface area (TPSA) is 98.7 Å². The van der Waals surface area contributed by atoms with Gasteiger partial charge in [0.05, 0.1) is 40.4 Å². The minimum atomic E-state index is 0. The van der Waals surface area contributed by atoms with Crippen molar-refractivity contribution in [2.24, 2.45) is 0 Å². The predicted molar refractivity (Wildman–Crippen MR) is 222 cm³/mol. The molecule has 0 aromatic heterocycles. The Labute approximate surface area is 356 Å². The standard InChI is InChI=1S/C44H90N4O4.2BrH/c1-5-7-9-11-13-15-17-21-25-29-33-45-43(51)41-47(3,37-39-49)35-31-27-23-19-20-24-28-32-36-48(4,38-40-50)42-44(52)46-34-30-26-22-18-16-14-12-10-8-6-2;;/h49-50H,5-42H2,1-4H3;2*1H. The van der Waals surface area contributed by atoms with E-state index in [0.29, 0.717) is 35.1 Å². The van der Waals surface area contributed by atoms with Gasteiger partial charge >= 0.3 is 0 Å². The Morgan fingerprint density at radius 3 is 0.889 bits per heavy atom. The van der Waals surface area contributed by atoms with Gasteiger partial charge in [0.1, 0.15) is 13.1 Å². The van der Waals surface area contributed by atoms with Gasteiger partial charge < -0.3 is 63.8 Å². The maximum atomic E-state index is 12.7. The Bertz CT molecular complexity index is 749. The maximum absolute atomic E-state index is 12.7. The molecule has 0 aliphatic rings. The third-order valence-electron chi connectivity index (χ3n) is 11.2. The fourth-order valence-electron chi connectivity index (χ4n) is 7.56. The summed E-state index contributed by atoms with van der Waals surface area (Å²) in [7, 11) is 4.23. The summed E-state index contributed by atoms with van der Waals surface area (Å²) in [5.41, 5.74) is 0. The highest BCUT2D eigenvalue weighted by molar-refractivity contribution is 5.77. The third-order valence-corrected chi connectivity index (χ3v) is 11.2. The molecule has 0 saturated carbocycles. The molecule has 10 heteroatoms. The number of likely N-dealkylation sites (N-methyl/N-ethyl adjacent to an activating group) is 2. The number of carbonyl (C=O) groups excluding carboxylic acids is 2. The number of hydrogen-bond acceptors (Lipinski definition) is 4. The van der Waals surface area contributed by atoms with Crippen LogP contribution in [0.4, 0.5) is 0 Å². The van der Waals surface area contributed by atoms with Crippen LogP contribution in [0.15, 0.2) is 0 Å². The van der Waals surface area contributed by atoms with Gasteiger partial charge in [0.15, 0.2) is 13.1 Å². The molecule has 0 fully saturated rings. The first-order valence-corrected chi connectivity index (χ1v) is 22.7. The highest BCUT2D eigenvalue weighted by Crippen LogP contribution is 2.15. The molecule has 0 aliphatic carbocycles. The molecule has 0 bridgehead atoms. The number of nitrogens with zero attached hydrogens (tertiary/aromatic N) is 2. The normalized spacial score (nSPS) is 13.4. The van der Waals surface area contributed by atoms with Crippen molar-refractivity contribution in [3.05, 3.63) is 0 Å². The molecule has 8 nitrogen and oxygen atoms in total. The molecule has 0 saturated heterocycles. The van der Waals surface area contributed by atoms with Gasteiger partial charge in [0, 0.05) is 13.1 Å². The van der Waals surface area contributed by atoms with Crippen LogP contribution in [0.1, 0.15) is 194 Å². The molecular weight excluding hydrogens is 808 g/mol. The number of quaternary nitrogens is 2. The van der Waals surface area contributed by atoms with Crippen LogP contribution in [0.25, 0.3) is 0 Å². The first-order chi connectivity index (χ1) is 25.2. The van der Waals surface area contributed by atoms with Crippen LogP contribution < -0.4 is 44.6 Å². The molecule has 0 spiro atoms. The number of halogens is 2. The average molecular weight is 901 g/mol. The van der Waals surface area contributed by atoms with Crippen molar-refractivity contribution in [3.63, 3.8) is 0 Å². The number of amides is 2. The molecule has 326 valence electrons. The summed E-state index contributed by atoms with van der Waals surface area (Å²) in [4.78, 5) is 25.4. The molecule has 0 rings (SSSR count). The van der Waals surface area contributed by atoms with Crippen LogP contribution in [0.3, 0.4) is 0 Å². The van der Waals surface area contributed by atoms with Crippen LogP contribution >= 0.6 is 0 Å². The average Bonchev–Trinajstić information content (AvgIpc) is 3.10. The molecule has 2 unspecified atom stereocenters. The van der Waals surface area contributed by atoms with Gasteiger partial charge in [-0.1, -0.05) is 155 Å². The van der Waals surface area contributed by atoms with Gasteiger partial charge in [0.2, 0.25) is 0 Å². The van der Waals surface area contributed by atoms with Crippen LogP contribution in [0.2, 0.25) is 0 Å². The molecule has 0 aromatic rings. The summed E-state index contributed by atoms with van der Waals surface area (Å²) >= 11 is 0. The van der Waals surface area contributed by atoms with E-state index >= 15 is 0 Å². The lowest BCUT2D eigenvalue weighted by Crippen LogP contribution is -3.00. The minimum Gasteiger partial charge on any atom is -1.00 e. The second-order valence-corrected chi connectivity index (χ2v) is 16.8. The van der Waals surface area contributed by atoms with Gasteiger partial charge in [-0.25, -0.2) is 0 Å². The number of nitrogens with one attached hydrogen (secondary N) is 2. The lowest BCUT2D eigenvalue weighted by atomic mass is 10.1. The second-order valence-electron chi connectivity index (χ2n) is 16.8. The zero-order chi connectivity index (χ0) is 38.4. The van der Waals surface area contributed by atoms with Crippen molar-refractivity contribution in [1.82, 2.24) is 10.6 Å². The molecule has 54 heavy (non-hydrogen) atoms. The van der Waals surface area contributed by atoms with E-state index in [1.807, 2.05) is 0 Å². The fraction of sp³-hybridized carbons (Fsp3) is 0.955. The number of aliphatic hydroxyl groups is 2. The Morgan fingerprint density at radius 1 is 0.389 bits per heavy atom. The van der Waals surface area contributed by atoms with Gasteiger partial charge in [-0.15, -0.1) is 0 Å². The van der Waals surface area contributed by atoms with Crippen LogP contribution in [-0.2, 0) is 9.59 Å². The number of aliphatic hydroxyl groups excluding tert-OH is 2. The molecule has 0 aromatic carbocycles. The van der Waals surface area contributed by atoms with E-state index in [2.05, 4.69) is 38.6 Å². The number of hydrogen-bond donors (Lipinski definition) is 4. The zero-order valence-electron chi connectivity index (χ0n) is 36.2. The molecule has 0 heterocycles. The van der Waals surface area contributed by atoms with E-state index in [1.54, 1.807) is 0 Å². The smallest absolute Gasteiger partial charge is 0.275 e. The summed E-state index contributed by atoms with van der Waals surface area (Å²) in [5.74, 6) is 0.233. The van der Waals surface area contributed by atoms with Crippen LogP contribution in [-0.4, -0.2) is 111 Å². The summed E-state index contributed by atoms with van der Waals surface area (Å²) < 4.78 is 1.23. The molecule has 0 aliphatic heterocycles. The predicted octanol–water partition coefficient (Wildman–Crippen LogP) is 3.07. The second kappa shape index (κ2) is 42.3. The number of rotatable bonds is 41. The summed E-state index contributed by atoms with van der Waals surface area (Å²) in [6, 6.07) is 0. The molecule has 2 atom stereocenters. The van der Waals surface area contributed by atoms with Gasteiger partial charge in [-0.3, -0.25) is 9.59 Å². The molecule has 0 radical (unpaired) electrons. The van der Waals surface area contributed by atoms with E-state index < -0.39 is 0 Å². The highest BCUT2D eigenvalue weighted by atomic mass is 79.9. The minimum absolute atomic E-state index is 0. The van der Waals surface area contributed by atoms with Crippen molar-refractivity contribution in [2.45, 2.75) is 194 Å². The number of carbonyl (C=O) groups is 2. The SMILES string of the molecule is CCCCCCCCCCCCNC(=O)C[N+](C)(CCO)CCCCCCCCCC[N+](C)(CCO)CC(=O)NCCCCCCCCCCCC.[Br-].[Br-]. The van der Waals surface area contributed by atoms with E-state index in [0.717, 1.165) is 51.9 Å². The monoisotopic (exact) mass is 899 g/mol. The molecule has 4 N–H and O–H groups in total. The third kappa shape index (κ3) is 38.6. The van der Waals surface area contributed by atoms with E-state index in [4.69, 9.17) is 0 Å². The highest BCUT2D eigenvalue weighted by Gasteiger charge is 2.25. The quantitative estimate of drug-likeness (QED) is 0.0561. The van der Waals surface area contributed by atoms with Crippen molar-refractivity contribution < 1.29 is 62.7 Å². The van der Waals surface area contributed by atoms with E-state index in [1.165, 1.54) is 154 Å². The fourth-order valence-corrected chi connectivity index (χ4v) is 7.56. The maximum Gasteiger partial charge on any atom is 0.275 e. The largest absolute Gasteiger partial charge is 1.00 e. The Balaban J connectivity index is -0.0000130. The van der Waals surface area contributed by atoms with Crippen molar-refractivity contribution in [3.8, 4) is 0 Å². The zero-order valence-corrected chi connectivity index (χ0v) is 39.4.